The van der Waals surface area contributed by atoms with Crippen LogP contribution in [0.3, 0.4) is 0 Å². The average molecular weight is 532 g/mol. The summed E-state index contributed by atoms with van der Waals surface area (Å²) in [5.41, 5.74) is 0.00123. The second-order valence-electron chi connectivity index (χ2n) is 13.5. The Labute approximate surface area is 228 Å². The Morgan fingerprint density at radius 2 is 1.26 bits per heavy atom. The molecule has 3 aliphatic rings. The summed E-state index contributed by atoms with van der Waals surface area (Å²) in [6.45, 7) is 25.3. The van der Waals surface area contributed by atoms with Gasteiger partial charge >= 0.3 is 14.2 Å². The number of aromatic amines is 1. The van der Waals surface area contributed by atoms with Gasteiger partial charge in [-0.15, -0.1) is 0 Å². The van der Waals surface area contributed by atoms with E-state index in [2.05, 4.69) is 29.1 Å². The van der Waals surface area contributed by atoms with Crippen molar-refractivity contribution in [1.82, 2.24) is 20.0 Å². The van der Waals surface area contributed by atoms with Crippen LogP contribution in [-0.2, 0) is 29.9 Å². The number of hydrogen-bond donors (Lipinski definition) is 2. The van der Waals surface area contributed by atoms with E-state index in [-0.39, 0.29) is 35.1 Å². The lowest BCUT2D eigenvalue weighted by Gasteiger charge is -2.32. The van der Waals surface area contributed by atoms with E-state index in [1.807, 2.05) is 61.6 Å². The van der Waals surface area contributed by atoms with Crippen molar-refractivity contribution in [3.8, 4) is 0 Å². The maximum Gasteiger partial charge on any atom is 0.498 e. The van der Waals surface area contributed by atoms with E-state index in [1.54, 1.807) is 37.1 Å². The Kier molecular flexibility index (Phi) is 8.42. The highest BCUT2D eigenvalue weighted by molar-refractivity contribution is 6.62. The number of hydrogen-bond acceptors (Lipinski definition) is 8. The molecule has 5 rings (SSSR count). The first kappa shape index (κ1) is 30.8. The van der Waals surface area contributed by atoms with Gasteiger partial charge < -0.3 is 28.5 Å². The van der Waals surface area contributed by atoms with Crippen molar-refractivity contribution in [2.75, 3.05) is 6.61 Å². The molecular formula is C26H46B2N4O6. The number of H-pyrrole nitrogens is 1. The molecule has 2 aromatic rings. The molecular weight excluding hydrogens is 486 g/mol. The Morgan fingerprint density at radius 3 is 1.61 bits per heavy atom. The third-order valence-corrected chi connectivity index (χ3v) is 7.49. The van der Waals surface area contributed by atoms with Gasteiger partial charge in [-0.1, -0.05) is 0 Å². The molecule has 0 aliphatic carbocycles. The van der Waals surface area contributed by atoms with Crippen LogP contribution in [0.5, 0.6) is 0 Å². The summed E-state index contributed by atoms with van der Waals surface area (Å²) in [6.07, 6.45) is 7.11. The smallest absolute Gasteiger partial charge is 0.399 e. The Balaban J connectivity index is 0.000000183. The molecule has 3 aliphatic heterocycles. The maximum absolute atomic E-state index is 9.79. The maximum atomic E-state index is 9.79. The van der Waals surface area contributed by atoms with Crippen LogP contribution in [0.1, 0.15) is 83.1 Å². The molecule has 38 heavy (non-hydrogen) atoms. The molecule has 0 radical (unpaired) electrons. The monoisotopic (exact) mass is 532 g/mol. The van der Waals surface area contributed by atoms with Crippen molar-refractivity contribution in [3.05, 3.63) is 24.8 Å². The minimum Gasteiger partial charge on any atom is -0.399 e. The highest BCUT2D eigenvalue weighted by atomic mass is 16.7. The quantitative estimate of drug-likeness (QED) is 0.456. The fourth-order valence-electron chi connectivity index (χ4n) is 3.48. The van der Waals surface area contributed by atoms with E-state index in [9.17, 15) is 5.11 Å². The number of aromatic nitrogens is 4. The summed E-state index contributed by atoms with van der Waals surface area (Å²) >= 11 is 0. The van der Waals surface area contributed by atoms with Crippen LogP contribution in [0.4, 0.5) is 0 Å². The van der Waals surface area contributed by atoms with E-state index >= 15 is 0 Å². The van der Waals surface area contributed by atoms with Crippen LogP contribution in [0.25, 0.3) is 0 Å². The van der Waals surface area contributed by atoms with Crippen LogP contribution in [-0.4, -0.2) is 79.5 Å². The molecule has 0 atom stereocenters. The van der Waals surface area contributed by atoms with Gasteiger partial charge in [0.15, 0.2) is 0 Å². The zero-order valence-electron chi connectivity index (χ0n) is 25.2. The number of ether oxygens (including phenoxy) is 1. The van der Waals surface area contributed by atoms with Gasteiger partial charge in [0.2, 0.25) is 0 Å². The molecule has 212 valence electrons. The van der Waals surface area contributed by atoms with E-state index in [0.717, 1.165) is 17.5 Å². The molecule has 3 saturated heterocycles. The fourth-order valence-corrected chi connectivity index (χ4v) is 3.48. The van der Waals surface area contributed by atoms with Crippen molar-refractivity contribution in [2.24, 2.45) is 0 Å². The number of epoxide rings is 1. The summed E-state index contributed by atoms with van der Waals surface area (Å²) < 4.78 is 30.2. The third kappa shape index (κ3) is 7.70. The largest absolute Gasteiger partial charge is 0.498 e. The zero-order chi connectivity index (χ0) is 28.8. The topological polar surface area (TPSA) is 116 Å². The lowest BCUT2D eigenvalue weighted by molar-refractivity contribution is 0.00578. The van der Waals surface area contributed by atoms with Crippen molar-refractivity contribution in [2.45, 2.75) is 123 Å². The lowest BCUT2D eigenvalue weighted by atomic mass is 9.82. The molecule has 2 aromatic heterocycles. The Bertz CT molecular complexity index is 1020. The average Bonchev–Trinajstić information content (AvgIpc) is 3.18. The number of aliphatic hydroxyl groups is 1. The summed E-state index contributed by atoms with van der Waals surface area (Å²) in [6, 6.07) is 0. The second kappa shape index (κ2) is 10.4. The minimum atomic E-state index is -0.792. The van der Waals surface area contributed by atoms with Gasteiger partial charge in [-0.2, -0.15) is 10.2 Å². The second-order valence-corrected chi connectivity index (χ2v) is 13.5. The Hall–Kier alpha value is -1.69. The molecule has 3 fully saturated rings. The molecule has 0 bridgehead atoms. The first-order valence-electron chi connectivity index (χ1n) is 13.2. The van der Waals surface area contributed by atoms with Crippen molar-refractivity contribution >= 4 is 25.2 Å². The van der Waals surface area contributed by atoms with Gasteiger partial charge in [0.25, 0.3) is 0 Å². The van der Waals surface area contributed by atoms with E-state index in [1.165, 1.54) is 0 Å². The molecule has 0 amide bonds. The Morgan fingerprint density at radius 1 is 0.842 bits per heavy atom. The predicted octanol–water partition coefficient (Wildman–Crippen LogP) is 2.46. The van der Waals surface area contributed by atoms with Crippen molar-refractivity contribution < 1.29 is 28.5 Å². The molecule has 2 N–H and O–H groups in total. The molecule has 0 aromatic carbocycles. The number of rotatable bonds is 4. The van der Waals surface area contributed by atoms with Gasteiger partial charge in [-0.05, 0) is 83.1 Å². The van der Waals surface area contributed by atoms with E-state index in [4.69, 9.17) is 23.4 Å². The first-order chi connectivity index (χ1) is 17.1. The zero-order valence-corrected chi connectivity index (χ0v) is 25.2. The molecule has 0 unspecified atom stereocenters. The van der Waals surface area contributed by atoms with Gasteiger partial charge in [0.05, 0.1) is 46.8 Å². The first-order valence-corrected chi connectivity index (χ1v) is 13.2. The van der Waals surface area contributed by atoms with Crippen molar-refractivity contribution in [3.63, 3.8) is 0 Å². The van der Waals surface area contributed by atoms with E-state index < -0.39 is 12.7 Å². The SMILES string of the molecule is CC(C)(O)Cn1cc(B2OC(C)(C)C(C)(C)O2)cn1.CC1(C)CO1.CC1(C)OB(c2cn[nH]c2)OC1(C)C. The van der Waals surface area contributed by atoms with Crippen LogP contribution in [0.15, 0.2) is 24.8 Å². The van der Waals surface area contributed by atoms with Crippen LogP contribution < -0.4 is 10.9 Å². The molecule has 10 nitrogen and oxygen atoms in total. The molecule has 5 heterocycles. The number of nitrogens with one attached hydrogen (secondary N) is 1. The fraction of sp³-hybridized carbons (Fsp3) is 0.769. The third-order valence-electron chi connectivity index (χ3n) is 7.49. The minimum absolute atomic E-state index is 0.250. The van der Waals surface area contributed by atoms with Crippen LogP contribution >= 0.6 is 0 Å². The standard InChI is InChI=1S/C13H23BN2O3.C9H15BN2O2.C4H8O/c1-11(2,17)9-16-8-10(7-15-16)14-18-12(3,4)13(5,6)19-14;1-8(2)9(3,4)14-10(13-8)7-5-11-12-6-7;1-4(2)3-5-4/h7-8,17H,9H2,1-6H3;5-6H,1-4H3,(H,11,12);3H2,1-2H3. The molecule has 12 heteroatoms. The van der Waals surface area contributed by atoms with Gasteiger partial charge in [-0.3, -0.25) is 9.78 Å². The summed E-state index contributed by atoms with van der Waals surface area (Å²) in [5, 5.41) is 20.7. The summed E-state index contributed by atoms with van der Waals surface area (Å²) in [5.74, 6) is 0. The van der Waals surface area contributed by atoms with E-state index in [0.29, 0.717) is 6.54 Å². The van der Waals surface area contributed by atoms with Crippen molar-refractivity contribution in [1.29, 1.82) is 0 Å². The normalized spacial score (nSPS) is 23.8. The lowest BCUT2D eigenvalue weighted by Crippen LogP contribution is -2.41. The predicted molar refractivity (Wildman–Crippen MR) is 149 cm³/mol. The molecule has 0 spiro atoms. The highest BCUT2D eigenvalue weighted by Gasteiger charge is 2.53. The highest BCUT2D eigenvalue weighted by Crippen LogP contribution is 2.37. The summed E-state index contributed by atoms with van der Waals surface area (Å²) in [4.78, 5) is 0. The number of nitrogens with zero attached hydrogens (tertiary/aromatic N) is 3. The van der Waals surface area contributed by atoms with Crippen LogP contribution in [0.2, 0.25) is 0 Å². The summed E-state index contributed by atoms with van der Waals surface area (Å²) in [7, 11) is -0.709. The van der Waals surface area contributed by atoms with Gasteiger partial charge in [0.1, 0.15) is 0 Å². The molecule has 0 saturated carbocycles. The van der Waals surface area contributed by atoms with Crippen LogP contribution in [0, 0.1) is 0 Å². The van der Waals surface area contributed by atoms with Gasteiger partial charge in [0, 0.05) is 35.7 Å². The van der Waals surface area contributed by atoms with Gasteiger partial charge in [-0.25, -0.2) is 0 Å².